The first-order valence-corrected chi connectivity index (χ1v) is 11.6. The highest BCUT2D eigenvalue weighted by Gasteiger charge is 2.24. The van der Waals surface area contributed by atoms with Gasteiger partial charge in [0.05, 0.1) is 5.75 Å². The number of para-hydroxylation sites is 1. The lowest BCUT2D eigenvalue weighted by Crippen LogP contribution is -2.15. The molecule has 6 heteroatoms. The molecule has 0 radical (unpaired) electrons. The number of hydrogen-bond donors (Lipinski definition) is 1. The molecule has 1 N–H and O–H groups in total. The summed E-state index contributed by atoms with van der Waals surface area (Å²) in [7, 11) is 0. The fraction of sp³-hybridized carbons (Fsp3) is 0.375. The van der Waals surface area contributed by atoms with E-state index < -0.39 is 0 Å². The van der Waals surface area contributed by atoms with Crippen LogP contribution in [-0.4, -0.2) is 26.4 Å². The van der Waals surface area contributed by atoms with Gasteiger partial charge in [-0.1, -0.05) is 55.3 Å². The molecule has 0 aliphatic heterocycles. The van der Waals surface area contributed by atoms with Crippen LogP contribution in [0.3, 0.4) is 0 Å². The molecule has 0 atom stereocenters. The predicted octanol–water partition coefficient (Wildman–Crippen LogP) is 5.66. The van der Waals surface area contributed by atoms with Gasteiger partial charge < -0.3 is 5.32 Å². The van der Waals surface area contributed by atoms with E-state index in [-0.39, 0.29) is 5.91 Å². The molecule has 1 aliphatic rings. The smallest absolute Gasteiger partial charge is 0.234 e. The first-order valence-electron chi connectivity index (χ1n) is 10.6. The molecule has 1 aliphatic carbocycles. The molecule has 1 saturated carbocycles. The molecule has 0 unspecified atom stereocenters. The second-order valence-corrected chi connectivity index (χ2v) is 8.93. The molecule has 2 aromatic carbocycles. The Morgan fingerprint density at radius 1 is 1.03 bits per heavy atom. The topological polar surface area (TPSA) is 59.8 Å². The number of thioether (sulfide) groups is 1. The fourth-order valence-electron chi connectivity index (χ4n) is 3.97. The van der Waals surface area contributed by atoms with Crippen molar-refractivity contribution in [2.24, 2.45) is 0 Å². The summed E-state index contributed by atoms with van der Waals surface area (Å²) < 4.78 is 2.14. The van der Waals surface area contributed by atoms with Gasteiger partial charge >= 0.3 is 0 Å². The average Bonchev–Trinajstić information content (AvgIpc) is 3.20. The molecule has 156 valence electrons. The quantitative estimate of drug-likeness (QED) is 0.523. The number of anilines is 1. The number of aromatic nitrogens is 3. The maximum atomic E-state index is 12.5. The first kappa shape index (κ1) is 20.7. The molecule has 4 rings (SSSR count). The summed E-state index contributed by atoms with van der Waals surface area (Å²) in [6, 6.07) is 16.2. The first-order chi connectivity index (χ1) is 14.6. The second kappa shape index (κ2) is 9.47. The van der Waals surface area contributed by atoms with Crippen molar-refractivity contribution in [3.05, 3.63) is 65.5 Å². The third kappa shape index (κ3) is 4.75. The van der Waals surface area contributed by atoms with E-state index in [4.69, 9.17) is 0 Å². The summed E-state index contributed by atoms with van der Waals surface area (Å²) >= 11 is 1.44. The predicted molar refractivity (Wildman–Crippen MR) is 122 cm³/mol. The Balaban J connectivity index is 1.51. The molecule has 0 spiro atoms. The molecule has 0 bridgehead atoms. The van der Waals surface area contributed by atoms with Crippen molar-refractivity contribution in [1.82, 2.24) is 14.8 Å². The van der Waals surface area contributed by atoms with E-state index in [9.17, 15) is 4.79 Å². The highest BCUT2D eigenvalue weighted by Crippen LogP contribution is 2.34. The van der Waals surface area contributed by atoms with Crippen LogP contribution >= 0.6 is 11.8 Å². The number of nitrogens with zero attached hydrogens (tertiary/aromatic N) is 3. The number of aryl methyl sites for hydroxylation is 2. The summed E-state index contributed by atoms with van der Waals surface area (Å²) in [6.45, 7) is 4.12. The van der Waals surface area contributed by atoms with Crippen LogP contribution in [0.5, 0.6) is 0 Å². The molecule has 5 nitrogen and oxygen atoms in total. The minimum absolute atomic E-state index is 0.0370. The maximum Gasteiger partial charge on any atom is 0.234 e. The van der Waals surface area contributed by atoms with Gasteiger partial charge in [-0.2, -0.15) is 0 Å². The van der Waals surface area contributed by atoms with Crippen molar-refractivity contribution in [1.29, 1.82) is 0 Å². The van der Waals surface area contributed by atoms with Gasteiger partial charge in [0.25, 0.3) is 0 Å². The lowest BCUT2D eigenvalue weighted by Gasteiger charge is -2.22. The zero-order valence-corrected chi connectivity index (χ0v) is 18.4. The number of benzene rings is 2. The molecular weight excluding hydrogens is 392 g/mol. The molecule has 30 heavy (non-hydrogen) atoms. The molecule has 1 amide bonds. The fourth-order valence-corrected chi connectivity index (χ4v) is 4.72. The van der Waals surface area contributed by atoms with Crippen molar-refractivity contribution in [2.45, 2.75) is 57.0 Å². The van der Waals surface area contributed by atoms with E-state index in [1.807, 2.05) is 36.4 Å². The molecular formula is C24H28N4OS. The van der Waals surface area contributed by atoms with Crippen LogP contribution in [0.4, 0.5) is 5.69 Å². The van der Waals surface area contributed by atoms with Crippen molar-refractivity contribution in [3.8, 4) is 5.69 Å². The normalized spacial score (nSPS) is 14.6. The van der Waals surface area contributed by atoms with Crippen LogP contribution in [0.25, 0.3) is 5.69 Å². The Kier molecular flexibility index (Phi) is 6.53. The van der Waals surface area contributed by atoms with Crippen molar-refractivity contribution >= 4 is 23.4 Å². The second-order valence-electron chi connectivity index (χ2n) is 7.98. The van der Waals surface area contributed by atoms with Crippen LogP contribution in [0.15, 0.2) is 53.7 Å². The summed E-state index contributed by atoms with van der Waals surface area (Å²) in [5.41, 5.74) is 4.27. The van der Waals surface area contributed by atoms with Gasteiger partial charge in [-0.25, -0.2) is 0 Å². The van der Waals surface area contributed by atoms with Crippen LogP contribution in [-0.2, 0) is 4.79 Å². The number of rotatable bonds is 6. The Hall–Kier alpha value is -2.60. The molecule has 3 aromatic rings. The Morgan fingerprint density at radius 3 is 2.53 bits per heavy atom. The van der Waals surface area contributed by atoms with Gasteiger partial charge in [0, 0.05) is 17.3 Å². The van der Waals surface area contributed by atoms with Crippen LogP contribution in [0.2, 0.25) is 0 Å². The van der Waals surface area contributed by atoms with Gasteiger partial charge in [-0.3, -0.25) is 9.36 Å². The largest absolute Gasteiger partial charge is 0.325 e. The molecule has 1 fully saturated rings. The number of nitrogens with one attached hydrogen (secondary N) is 1. The Morgan fingerprint density at radius 2 is 1.80 bits per heavy atom. The number of amides is 1. The highest BCUT2D eigenvalue weighted by molar-refractivity contribution is 7.99. The van der Waals surface area contributed by atoms with E-state index >= 15 is 0 Å². The van der Waals surface area contributed by atoms with E-state index in [0.29, 0.717) is 11.7 Å². The maximum absolute atomic E-state index is 12.5. The van der Waals surface area contributed by atoms with E-state index in [1.54, 1.807) is 0 Å². The van der Waals surface area contributed by atoms with E-state index in [2.05, 4.69) is 46.1 Å². The van der Waals surface area contributed by atoms with Gasteiger partial charge in [-0.15, -0.1) is 10.2 Å². The summed E-state index contributed by atoms with van der Waals surface area (Å²) in [5.74, 6) is 1.72. The Labute approximate surface area is 182 Å². The molecule has 1 aromatic heterocycles. The lowest BCUT2D eigenvalue weighted by molar-refractivity contribution is -0.113. The van der Waals surface area contributed by atoms with Crippen LogP contribution in [0.1, 0.15) is 55.0 Å². The average molecular weight is 421 g/mol. The van der Waals surface area contributed by atoms with E-state index in [1.165, 1.54) is 42.2 Å². The van der Waals surface area contributed by atoms with E-state index in [0.717, 1.165) is 35.2 Å². The number of hydrogen-bond acceptors (Lipinski definition) is 4. The van der Waals surface area contributed by atoms with Gasteiger partial charge in [0.15, 0.2) is 5.16 Å². The van der Waals surface area contributed by atoms with Crippen LogP contribution in [0, 0.1) is 13.8 Å². The zero-order chi connectivity index (χ0) is 20.9. The summed E-state index contributed by atoms with van der Waals surface area (Å²) in [4.78, 5) is 12.5. The lowest BCUT2D eigenvalue weighted by atomic mass is 9.88. The SMILES string of the molecule is Cc1ccc(NC(=O)CSc2nnc(C3CCCCC3)n2-c2ccccc2)cc1C. The number of carbonyl (C=O) groups is 1. The van der Waals surface area contributed by atoms with Gasteiger partial charge in [-0.05, 0) is 62.1 Å². The van der Waals surface area contributed by atoms with Crippen molar-refractivity contribution in [2.75, 3.05) is 11.1 Å². The number of carbonyl (C=O) groups excluding carboxylic acids is 1. The van der Waals surface area contributed by atoms with Crippen LogP contribution < -0.4 is 5.32 Å². The molecule has 0 saturated heterocycles. The van der Waals surface area contributed by atoms with Gasteiger partial charge in [0.1, 0.15) is 5.82 Å². The van der Waals surface area contributed by atoms with Crippen molar-refractivity contribution in [3.63, 3.8) is 0 Å². The standard InChI is InChI=1S/C24H28N4OS/c1-17-13-14-20(15-18(17)2)25-22(29)16-30-24-27-26-23(19-9-5-3-6-10-19)28(24)21-11-7-4-8-12-21/h4,7-8,11-15,19H,3,5-6,9-10,16H2,1-2H3,(H,25,29). The highest BCUT2D eigenvalue weighted by atomic mass is 32.2. The summed E-state index contributed by atoms with van der Waals surface area (Å²) in [6.07, 6.45) is 6.10. The molecule has 1 heterocycles. The Bertz CT molecular complexity index is 1010. The zero-order valence-electron chi connectivity index (χ0n) is 17.6. The minimum Gasteiger partial charge on any atom is -0.325 e. The summed E-state index contributed by atoms with van der Waals surface area (Å²) in [5, 5.41) is 12.8. The third-order valence-electron chi connectivity index (χ3n) is 5.77. The third-order valence-corrected chi connectivity index (χ3v) is 6.70. The van der Waals surface area contributed by atoms with Gasteiger partial charge in [0.2, 0.25) is 5.91 Å². The monoisotopic (exact) mass is 420 g/mol. The minimum atomic E-state index is -0.0370. The van der Waals surface area contributed by atoms with Crippen molar-refractivity contribution < 1.29 is 4.79 Å².